The second-order valence-corrected chi connectivity index (χ2v) is 9.96. The summed E-state index contributed by atoms with van der Waals surface area (Å²) in [7, 11) is -8.73. The highest BCUT2D eigenvalue weighted by atomic mass is 32.2. The number of alkyl halides is 3. The largest absolute Gasteiger partial charge is 0.416 e. The van der Waals surface area contributed by atoms with Crippen LogP contribution < -0.4 is 4.83 Å². The van der Waals surface area contributed by atoms with Crippen LogP contribution in [-0.2, 0) is 32.1 Å². The number of rotatable bonds is 7. The summed E-state index contributed by atoms with van der Waals surface area (Å²) >= 11 is 0. The first-order chi connectivity index (χ1) is 15.4. The quantitative estimate of drug-likeness (QED) is 0.290. The van der Waals surface area contributed by atoms with Crippen LogP contribution in [-0.4, -0.2) is 27.6 Å². The van der Waals surface area contributed by atoms with E-state index in [9.17, 15) is 34.6 Å². The lowest BCUT2D eigenvalue weighted by Crippen LogP contribution is -2.20. The van der Waals surface area contributed by atoms with Gasteiger partial charge in [-0.25, -0.2) is 13.2 Å². The fourth-order valence-electron chi connectivity index (χ4n) is 3.00. The SMILES string of the molecule is O=S(=O)(Cc1ccccc1)N/N=C\c1ccccc1-c1cc(C(F)(F)F)ccc1S(=O)(=O)O. The molecule has 0 amide bonds. The summed E-state index contributed by atoms with van der Waals surface area (Å²) < 4.78 is 97.1. The highest BCUT2D eigenvalue weighted by Gasteiger charge is 2.32. The average Bonchev–Trinajstić information content (AvgIpc) is 2.72. The monoisotopic (exact) mass is 498 g/mol. The molecule has 0 aromatic heterocycles. The van der Waals surface area contributed by atoms with E-state index in [-0.39, 0.29) is 16.9 Å². The Bertz CT molecular complexity index is 1390. The van der Waals surface area contributed by atoms with Gasteiger partial charge in [0.2, 0.25) is 0 Å². The molecule has 3 rings (SSSR count). The molecule has 0 heterocycles. The fourth-order valence-corrected chi connectivity index (χ4v) is 4.59. The van der Waals surface area contributed by atoms with E-state index in [0.717, 1.165) is 6.21 Å². The van der Waals surface area contributed by atoms with Gasteiger partial charge < -0.3 is 0 Å². The molecule has 174 valence electrons. The Hall–Kier alpha value is -3.22. The zero-order valence-electron chi connectivity index (χ0n) is 16.7. The van der Waals surface area contributed by atoms with E-state index in [1.165, 1.54) is 24.3 Å². The van der Waals surface area contributed by atoms with Crippen molar-refractivity contribution in [1.29, 1.82) is 0 Å². The molecule has 0 bridgehead atoms. The molecule has 3 aromatic rings. The van der Waals surface area contributed by atoms with Crippen LogP contribution in [0.15, 0.2) is 82.8 Å². The van der Waals surface area contributed by atoms with Crippen LogP contribution >= 0.6 is 0 Å². The van der Waals surface area contributed by atoms with Gasteiger partial charge in [0.05, 0.1) is 17.5 Å². The lowest BCUT2D eigenvalue weighted by molar-refractivity contribution is -0.137. The molecular formula is C21H17F3N2O5S2. The first-order valence-electron chi connectivity index (χ1n) is 9.21. The molecule has 0 aliphatic heterocycles. The Morgan fingerprint density at radius 3 is 2.15 bits per heavy atom. The first-order valence-corrected chi connectivity index (χ1v) is 12.3. The summed E-state index contributed by atoms with van der Waals surface area (Å²) in [4.78, 5) is 1.27. The fraction of sp³-hybridized carbons (Fsp3) is 0.0952. The predicted molar refractivity (Wildman–Crippen MR) is 116 cm³/mol. The minimum atomic E-state index is -4.86. The minimum Gasteiger partial charge on any atom is -0.282 e. The topological polar surface area (TPSA) is 113 Å². The molecule has 2 N–H and O–H groups in total. The third-order valence-electron chi connectivity index (χ3n) is 4.43. The van der Waals surface area contributed by atoms with Crippen molar-refractivity contribution in [2.45, 2.75) is 16.8 Å². The first kappa shape index (κ1) is 24.4. The molecule has 0 saturated heterocycles. The van der Waals surface area contributed by atoms with Gasteiger partial charge in [-0.3, -0.25) is 4.55 Å². The molecule has 0 unspecified atom stereocenters. The summed E-state index contributed by atoms with van der Waals surface area (Å²) in [6.07, 6.45) is -3.73. The molecule has 0 aliphatic carbocycles. The van der Waals surface area contributed by atoms with Gasteiger partial charge in [-0.05, 0) is 29.3 Å². The Labute approximate surface area is 188 Å². The molecule has 12 heteroatoms. The van der Waals surface area contributed by atoms with Gasteiger partial charge in [0.25, 0.3) is 20.1 Å². The van der Waals surface area contributed by atoms with Gasteiger partial charge in [0, 0.05) is 11.1 Å². The molecular weight excluding hydrogens is 481 g/mol. The van der Waals surface area contributed by atoms with Crippen LogP contribution in [0.5, 0.6) is 0 Å². The molecule has 0 atom stereocenters. The molecule has 0 radical (unpaired) electrons. The van der Waals surface area contributed by atoms with Crippen molar-refractivity contribution in [3.05, 3.63) is 89.5 Å². The van der Waals surface area contributed by atoms with Crippen LogP contribution in [0.25, 0.3) is 11.1 Å². The van der Waals surface area contributed by atoms with E-state index < -0.39 is 42.3 Å². The van der Waals surface area contributed by atoms with Gasteiger partial charge in [-0.2, -0.15) is 26.7 Å². The van der Waals surface area contributed by atoms with Crippen LogP contribution in [0.3, 0.4) is 0 Å². The van der Waals surface area contributed by atoms with Gasteiger partial charge in [0.15, 0.2) is 0 Å². The van der Waals surface area contributed by atoms with Crippen molar-refractivity contribution in [3.8, 4) is 11.1 Å². The Balaban J connectivity index is 1.98. The number of hydrazone groups is 1. The van der Waals surface area contributed by atoms with Crippen LogP contribution in [0.1, 0.15) is 16.7 Å². The minimum absolute atomic E-state index is 0.0118. The van der Waals surface area contributed by atoms with E-state index in [1.807, 2.05) is 4.83 Å². The van der Waals surface area contributed by atoms with E-state index >= 15 is 0 Å². The lowest BCUT2D eigenvalue weighted by atomic mass is 9.98. The van der Waals surface area contributed by atoms with Crippen LogP contribution in [0, 0.1) is 0 Å². The van der Waals surface area contributed by atoms with Crippen molar-refractivity contribution in [2.24, 2.45) is 5.10 Å². The molecule has 7 nitrogen and oxygen atoms in total. The zero-order valence-corrected chi connectivity index (χ0v) is 18.3. The predicted octanol–water partition coefficient (Wildman–Crippen LogP) is 4.07. The normalized spacial score (nSPS) is 12.7. The van der Waals surface area contributed by atoms with Crippen molar-refractivity contribution in [3.63, 3.8) is 0 Å². The van der Waals surface area contributed by atoms with E-state index in [0.29, 0.717) is 23.8 Å². The Kier molecular flexibility index (Phi) is 6.91. The number of sulfonamides is 1. The zero-order chi connectivity index (χ0) is 24.3. The highest BCUT2D eigenvalue weighted by Crippen LogP contribution is 2.36. The number of hydrogen-bond acceptors (Lipinski definition) is 5. The molecule has 0 saturated carbocycles. The number of hydrogen-bond donors (Lipinski definition) is 2. The number of nitrogens with one attached hydrogen (secondary N) is 1. The maximum Gasteiger partial charge on any atom is 0.416 e. The highest BCUT2D eigenvalue weighted by molar-refractivity contribution is 7.88. The summed E-state index contributed by atoms with van der Waals surface area (Å²) in [5.74, 6) is -0.354. The van der Waals surface area contributed by atoms with Gasteiger partial charge in [-0.1, -0.05) is 54.6 Å². The smallest absolute Gasteiger partial charge is 0.282 e. The maximum atomic E-state index is 13.2. The summed E-state index contributed by atoms with van der Waals surface area (Å²) in [6.45, 7) is 0. The molecule has 33 heavy (non-hydrogen) atoms. The van der Waals surface area contributed by atoms with E-state index in [2.05, 4.69) is 5.10 Å². The summed E-state index contributed by atoms with van der Waals surface area (Å²) in [5, 5.41) is 3.66. The van der Waals surface area contributed by atoms with Crippen LogP contribution in [0.4, 0.5) is 13.2 Å². The maximum absolute atomic E-state index is 13.2. The van der Waals surface area contributed by atoms with Crippen molar-refractivity contribution < 1.29 is 34.6 Å². The third kappa shape index (κ3) is 6.40. The van der Waals surface area contributed by atoms with Crippen molar-refractivity contribution in [1.82, 2.24) is 4.83 Å². The number of nitrogens with zero attached hydrogens (tertiary/aromatic N) is 1. The summed E-state index contributed by atoms with van der Waals surface area (Å²) in [5.41, 5.74) is -0.921. The van der Waals surface area contributed by atoms with E-state index in [4.69, 9.17) is 0 Å². The lowest BCUT2D eigenvalue weighted by Gasteiger charge is -2.14. The summed E-state index contributed by atoms with van der Waals surface area (Å²) in [6, 6.07) is 15.8. The second-order valence-electron chi connectivity index (χ2n) is 6.87. The standard InChI is InChI=1S/C21H17F3N2O5S2/c22-21(23,24)17-10-11-20(33(29,30)31)19(12-17)18-9-5-4-8-16(18)13-25-26-32(27,28)14-15-6-2-1-3-7-15/h1-13,26H,14H2,(H,29,30,31)/b25-13-. The van der Waals surface area contributed by atoms with Gasteiger partial charge >= 0.3 is 6.18 Å². The van der Waals surface area contributed by atoms with Crippen LogP contribution in [0.2, 0.25) is 0 Å². The number of benzene rings is 3. The number of halogens is 3. The molecule has 0 spiro atoms. The van der Waals surface area contributed by atoms with Gasteiger partial charge in [0.1, 0.15) is 4.90 Å². The van der Waals surface area contributed by atoms with Crippen molar-refractivity contribution >= 4 is 26.4 Å². The molecule has 0 fully saturated rings. The second kappa shape index (κ2) is 9.33. The molecule has 0 aliphatic rings. The average molecular weight is 499 g/mol. The Morgan fingerprint density at radius 2 is 1.52 bits per heavy atom. The molecule has 3 aromatic carbocycles. The van der Waals surface area contributed by atoms with E-state index in [1.54, 1.807) is 30.3 Å². The van der Waals surface area contributed by atoms with Gasteiger partial charge in [-0.15, -0.1) is 0 Å². The Morgan fingerprint density at radius 1 is 0.879 bits per heavy atom. The van der Waals surface area contributed by atoms with Crippen molar-refractivity contribution in [2.75, 3.05) is 0 Å². The third-order valence-corrected chi connectivity index (χ3v) is 6.44.